The summed E-state index contributed by atoms with van der Waals surface area (Å²) in [6.45, 7) is 0. The van der Waals surface area contributed by atoms with Gasteiger partial charge in [0.15, 0.2) is 40.2 Å². The standard InChI is InChI=1S/C31H31FN4O7S/c1-35(2)19-11-18-26(43-30(34-18)44-12-13-5-7-15(32)8-6-13)21-16(19)9-14-10-17-23(36(3)4)25(38)22(29(33)41)28(40)31(17,42)27(39)20(14)24(21)37/h5-8,11,14,17,20,22-23,42H,9-10,12H2,1-4H3,(H2,33,41)/t14-,17-,20?,22?,23-,31-/m0/s1. The molecule has 0 aliphatic heterocycles. The maximum absolute atomic E-state index is 14.3. The van der Waals surface area contributed by atoms with Crippen molar-refractivity contribution in [2.75, 3.05) is 33.1 Å². The van der Waals surface area contributed by atoms with E-state index in [0.29, 0.717) is 22.5 Å². The van der Waals surface area contributed by atoms with Crippen molar-refractivity contribution >= 4 is 57.6 Å². The number of thioether (sulfide) groups is 1. The van der Waals surface area contributed by atoms with Gasteiger partial charge in [0.05, 0.1) is 17.5 Å². The van der Waals surface area contributed by atoms with Crippen LogP contribution in [0.2, 0.25) is 0 Å². The lowest BCUT2D eigenvalue weighted by atomic mass is 9.52. The van der Waals surface area contributed by atoms with E-state index < -0.39 is 64.4 Å². The molecule has 2 unspecified atom stereocenters. The molecule has 2 fully saturated rings. The number of rotatable bonds is 6. The highest BCUT2D eigenvalue weighted by atomic mass is 32.2. The van der Waals surface area contributed by atoms with E-state index >= 15 is 0 Å². The topological polar surface area (TPSA) is 164 Å². The molecule has 1 amide bonds. The van der Waals surface area contributed by atoms with Gasteiger partial charge in [0.1, 0.15) is 11.3 Å². The van der Waals surface area contributed by atoms with Crippen molar-refractivity contribution in [2.24, 2.45) is 29.4 Å². The summed E-state index contributed by atoms with van der Waals surface area (Å²) in [7, 11) is 6.76. The fraction of sp³-hybridized carbons (Fsp3) is 0.419. The van der Waals surface area contributed by atoms with Crippen LogP contribution in [0.25, 0.3) is 11.1 Å². The fourth-order valence-corrected chi connectivity index (χ4v) is 7.99. The van der Waals surface area contributed by atoms with Crippen molar-refractivity contribution < 1.29 is 37.9 Å². The summed E-state index contributed by atoms with van der Waals surface area (Å²) >= 11 is 1.26. The third-order valence-corrected chi connectivity index (χ3v) is 10.1. The minimum absolute atomic E-state index is 0.0178. The molecule has 0 saturated heterocycles. The van der Waals surface area contributed by atoms with Gasteiger partial charge in [-0.1, -0.05) is 23.9 Å². The summed E-state index contributed by atoms with van der Waals surface area (Å²) in [4.78, 5) is 75.4. The van der Waals surface area contributed by atoms with E-state index in [4.69, 9.17) is 10.2 Å². The van der Waals surface area contributed by atoms with Gasteiger partial charge >= 0.3 is 0 Å². The summed E-state index contributed by atoms with van der Waals surface area (Å²) in [5.41, 5.74) is 5.57. The SMILES string of the molecule is CN(C)c1cc2nc(SCc3ccc(F)cc3)oc2c2c1C[C@H]1C[C@H]3[C@H](N(C)C)C(=O)C(C(N)=O)C(=O)[C@@]3(O)C(=O)C1C2=O. The van der Waals surface area contributed by atoms with E-state index in [0.717, 1.165) is 5.56 Å². The normalized spacial score (nSPS) is 28.2. The Balaban J connectivity index is 1.44. The Kier molecular flexibility index (Phi) is 7.25. The second-order valence-electron chi connectivity index (χ2n) is 12.2. The Morgan fingerprint density at radius 3 is 2.43 bits per heavy atom. The first kappa shape index (κ1) is 30.1. The average Bonchev–Trinajstić information content (AvgIpc) is 3.36. The number of aromatic nitrogens is 1. The quantitative estimate of drug-likeness (QED) is 0.304. The van der Waals surface area contributed by atoms with E-state index in [2.05, 4.69) is 4.98 Å². The molecule has 0 spiro atoms. The molecule has 3 aliphatic carbocycles. The Morgan fingerprint density at radius 2 is 1.82 bits per heavy atom. The van der Waals surface area contributed by atoms with Crippen molar-refractivity contribution in [3.05, 3.63) is 52.8 Å². The van der Waals surface area contributed by atoms with Crippen LogP contribution >= 0.6 is 11.8 Å². The van der Waals surface area contributed by atoms with Crippen LogP contribution in [0, 0.1) is 29.5 Å². The Hall–Kier alpha value is -3.94. The van der Waals surface area contributed by atoms with Crippen molar-refractivity contribution in [3.63, 3.8) is 0 Å². The number of aliphatic hydroxyl groups is 1. The number of benzene rings is 2. The number of carbonyl (C=O) groups is 5. The molecule has 3 aromatic rings. The van der Waals surface area contributed by atoms with Crippen LogP contribution in [0.15, 0.2) is 40.0 Å². The zero-order chi connectivity index (χ0) is 31.8. The van der Waals surface area contributed by atoms with Crippen molar-refractivity contribution in [1.82, 2.24) is 9.88 Å². The van der Waals surface area contributed by atoms with Crippen LogP contribution in [0.4, 0.5) is 10.1 Å². The number of halogens is 1. The third kappa shape index (κ3) is 4.39. The Bertz CT molecular complexity index is 1750. The average molecular weight is 623 g/mol. The van der Waals surface area contributed by atoms with E-state index in [1.165, 1.54) is 28.8 Å². The molecule has 6 rings (SSSR count). The zero-order valence-electron chi connectivity index (χ0n) is 24.5. The van der Waals surface area contributed by atoms with E-state index in [1.54, 1.807) is 26.2 Å². The van der Waals surface area contributed by atoms with Gasteiger partial charge in [-0.25, -0.2) is 9.37 Å². The number of hydrogen-bond acceptors (Lipinski definition) is 11. The number of hydrogen-bond donors (Lipinski definition) is 2. The number of amides is 1. The number of Topliss-reactive ketones (excluding diaryl/α,β-unsaturated/α-hetero) is 4. The highest BCUT2D eigenvalue weighted by Crippen LogP contribution is 2.51. The molecule has 3 aliphatic rings. The molecule has 3 N–H and O–H groups in total. The van der Waals surface area contributed by atoms with Crippen LogP contribution in [-0.2, 0) is 31.4 Å². The summed E-state index contributed by atoms with van der Waals surface area (Å²) in [6.07, 6.45) is 0.262. The van der Waals surface area contributed by atoms with Gasteiger partial charge in [0.2, 0.25) is 5.91 Å². The van der Waals surface area contributed by atoms with Gasteiger partial charge in [-0.15, -0.1) is 0 Å². The summed E-state index contributed by atoms with van der Waals surface area (Å²) in [5, 5.41) is 12.1. The van der Waals surface area contributed by atoms with Gasteiger partial charge in [-0.05, 0) is 62.2 Å². The lowest BCUT2D eigenvalue weighted by Crippen LogP contribution is -2.74. The fourth-order valence-electron chi connectivity index (χ4n) is 7.21. The number of oxazole rings is 1. The largest absolute Gasteiger partial charge is 0.431 e. The van der Waals surface area contributed by atoms with Crippen molar-refractivity contribution in [2.45, 2.75) is 35.5 Å². The second kappa shape index (κ2) is 10.6. The Morgan fingerprint density at radius 1 is 1.14 bits per heavy atom. The number of ketones is 4. The highest BCUT2D eigenvalue weighted by Gasteiger charge is 2.69. The van der Waals surface area contributed by atoms with E-state index in [9.17, 15) is 33.5 Å². The molecule has 6 atom stereocenters. The van der Waals surface area contributed by atoms with Gasteiger partial charge in [0, 0.05) is 31.5 Å². The first-order valence-corrected chi connectivity index (χ1v) is 15.1. The van der Waals surface area contributed by atoms with Crippen molar-refractivity contribution in [3.8, 4) is 0 Å². The zero-order valence-corrected chi connectivity index (χ0v) is 25.3. The molecule has 44 heavy (non-hydrogen) atoms. The molecule has 1 aromatic heterocycles. The van der Waals surface area contributed by atoms with Crippen LogP contribution in [0.5, 0.6) is 0 Å². The number of fused-ring (bicyclic) bond motifs is 5. The van der Waals surface area contributed by atoms with Crippen LogP contribution in [0.3, 0.4) is 0 Å². The molecular weight excluding hydrogens is 591 g/mol. The lowest BCUT2D eigenvalue weighted by Gasteiger charge is -2.52. The summed E-state index contributed by atoms with van der Waals surface area (Å²) < 4.78 is 19.4. The van der Waals surface area contributed by atoms with Crippen LogP contribution in [0.1, 0.15) is 27.9 Å². The van der Waals surface area contributed by atoms with Gasteiger partial charge in [-0.3, -0.25) is 28.9 Å². The lowest BCUT2D eigenvalue weighted by molar-refractivity contribution is -0.181. The first-order valence-electron chi connectivity index (χ1n) is 14.1. The predicted molar refractivity (Wildman–Crippen MR) is 158 cm³/mol. The molecule has 2 saturated carbocycles. The Labute approximate surface area is 255 Å². The smallest absolute Gasteiger partial charge is 0.257 e. The number of likely N-dealkylation sites (N-methyl/N-ethyl adjacent to an activating group) is 1. The second-order valence-corrected chi connectivity index (χ2v) is 13.1. The summed E-state index contributed by atoms with van der Waals surface area (Å²) in [5.74, 6) is -10.0. The van der Waals surface area contributed by atoms with Gasteiger partial charge in [0.25, 0.3) is 5.22 Å². The number of nitrogens with zero attached hydrogens (tertiary/aromatic N) is 3. The van der Waals surface area contributed by atoms with Gasteiger partial charge in [-0.2, -0.15) is 0 Å². The predicted octanol–water partition coefficient (Wildman–Crippen LogP) is 1.80. The molecule has 230 valence electrons. The molecule has 11 nitrogen and oxygen atoms in total. The summed E-state index contributed by atoms with van der Waals surface area (Å²) in [6, 6.07) is 6.68. The highest BCUT2D eigenvalue weighted by molar-refractivity contribution is 7.98. The monoisotopic (exact) mass is 622 g/mol. The molecule has 0 radical (unpaired) electrons. The van der Waals surface area contributed by atoms with Crippen molar-refractivity contribution in [1.29, 1.82) is 0 Å². The van der Waals surface area contributed by atoms with E-state index in [-0.39, 0.29) is 35.0 Å². The number of anilines is 1. The minimum Gasteiger partial charge on any atom is -0.431 e. The molecule has 0 bridgehead atoms. The third-order valence-electron chi connectivity index (χ3n) is 9.16. The van der Waals surface area contributed by atoms with Crippen LogP contribution in [-0.4, -0.2) is 83.9 Å². The number of primary amides is 1. The van der Waals surface area contributed by atoms with Crippen LogP contribution < -0.4 is 10.6 Å². The maximum Gasteiger partial charge on any atom is 0.257 e. The number of nitrogens with two attached hydrogens (primary N) is 1. The van der Waals surface area contributed by atoms with E-state index in [1.807, 2.05) is 25.1 Å². The maximum atomic E-state index is 14.3. The minimum atomic E-state index is -2.74. The van der Waals surface area contributed by atoms with Gasteiger partial charge < -0.3 is 20.2 Å². The molecular formula is C31H31FN4O7S. The number of carbonyl (C=O) groups excluding carboxylic acids is 5. The molecule has 1 heterocycles. The first-order chi connectivity index (χ1) is 20.7. The molecule has 2 aromatic carbocycles. The molecule has 13 heteroatoms.